The van der Waals surface area contributed by atoms with Gasteiger partial charge in [-0.3, -0.25) is 4.68 Å². The molecule has 1 aromatic carbocycles. The van der Waals surface area contributed by atoms with Gasteiger partial charge in [0.05, 0.1) is 17.1 Å². The molecule has 0 spiro atoms. The number of rotatable bonds is 4. The van der Waals surface area contributed by atoms with Crippen molar-refractivity contribution in [1.29, 1.82) is 0 Å². The summed E-state index contributed by atoms with van der Waals surface area (Å²) in [6.07, 6.45) is 2.66. The van der Waals surface area contributed by atoms with E-state index < -0.39 is 0 Å². The predicted octanol–water partition coefficient (Wildman–Crippen LogP) is 3.19. The zero-order chi connectivity index (χ0) is 26.6. The number of anilines is 3. The van der Waals surface area contributed by atoms with Crippen LogP contribution >= 0.6 is 0 Å². The van der Waals surface area contributed by atoms with Gasteiger partial charge < -0.3 is 20.6 Å². The molecule has 3 N–H and O–H groups in total. The largest absolute Gasteiger partial charge is 0.507 e. The first-order chi connectivity index (χ1) is 18.4. The summed E-state index contributed by atoms with van der Waals surface area (Å²) in [5.74, 6) is 8.09. The van der Waals surface area contributed by atoms with E-state index >= 15 is 0 Å². The van der Waals surface area contributed by atoms with Gasteiger partial charge in [-0.05, 0) is 63.4 Å². The lowest BCUT2D eigenvalue weighted by molar-refractivity contribution is 0.477. The summed E-state index contributed by atoms with van der Waals surface area (Å²) in [6, 6.07) is 13.2. The van der Waals surface area contributed by atoms with E-state index in [0.29, 0.717) is 29.4 Å². The molecule has 1 saturated heterocycles. The lowest BCUT2D eigenvalue weighted by Crippen LogP contribution is -2.35. The molecular weight excluding hydrogens is 478 g/mol. The molecule has 5 rings (SSSR count). The van der Waals surface area contributed by atoms with Gasteiger partial charge in [-0.25, -0.2) is 9.97 Å². The Morgan fingerprint density at radius 1 is 1.08 bits per heavy atom. The van der Waals surface area contributed by atoms with Gasteiger partial charge in [-0.15, -0.1) is 10.2 Å². The normalized spacial score (nSPS) is 15.6. The van der Waals surface area contributed by atoms with Gasteiger partial charge in [-0.2, -0.15) is 5.10 Å². The third-order valence-electron chi connectivity index (χ3n) is 6.75. The number of nitrogens with two attached hydrogens (primary N) is 1. The summed E-state index contributed by atoms with van der Waals surface area (Å²) in [4.78, 5) is 13.6. The molecule has 38 heavy (non-hydrogen) atoms. The van der Waals surface area contributed by atoms with Gasteiger partial charge in [-0.1, -0.05) is 18.1 Å². The molecule has 194 valence electrons. The van der Waals surface area contributed by atoms with E-state index in [9.17, 15) is 5.11 Å². The minimum absolute atomic E-state index is 0.158. The molecule has 10 heteroatoms. The smallest absolute Gasteiger partial charge is 0.206 e. The topological polar surface area (TPSA) is 122 Å². The lowest BCUT2D eigenvalue weighted by Gasteiger charge is -2.28. The molecule has 0 unspecified atom stereocenters. The highest BCUT2D eigenvalue weighted by atomic mass is 16.3. The number of aryl methyl sites for hydroxylation is 2. The third-order valence-corrected chi connectivity index (χ3v) is 6.75. The Labute approximate surface area is 222 Å². The first kappa shape index (κ1) is 25.0. The van der Waals surface area contributed by atoms with E-state index in [4.69, 9.17) is 10.7 Å². The minimum atomic E-state index is 0.158. The number of nitrogen functional groups attached to an aromatic ring is 1. The van der Waals surface area contributed by atoms with Crippen LogP contribution in [0.25, 0.3) is 11.3 Å². The molecule has 0 bridgehead atoms. The number of aromatic nitrogens is 6. The maximum atomic E-state index is 10.3. The van der Waals surface area contributed by atoms with Crippen molar-refractivity contribution in [2.24, 2.45) is 0 Å². The highest BCUT2D eigenvalue weighted by Crippen LogP contribution is 2.32. The predicted molar refractivity (Wildman–Crippen MR) is 148 cm³/mol. The molecule has 0 amide bonds. The van der Waals surface area contributed by atoms with Crippen LogP contribution in [-0.2, 0) is 6.54 Å². The Kier molecular flexibility index (Phi) is 7.09. The Bertz CT molecular complexity index is 1500. The monoisotopic (exact) mass is 509 g/mol. The summed E-state index contributed by atoms with van der Waals surface area (Å²) in [5, 5.41) is 23.1. The maximum absolute atomic E-state index is 10.3. The van der Waals surface area contributed by atoms with Crippen LogP contribution < -0.4 is 15.5 Å². The molecular formula is C28H31N9O. The minimum Gasteiger partial charge on any atom is -0.507 e. The van der Waals surface area contributed by atoms with Crippen molar-refractivity contribution >= 4 is 17.3 Å². The van der Waals surface area contributed by atoms with Crippen LogP contribution in [0.3, 0.4) is 0 Å². The number of aromatic hydroxyl groups is 1. The van der Waals surface area contributed by atoms with E-state index in [2.05, 4.69) is 48.8 Å². The van der Waals surface area contributed by atoms with E-state index in [-0.39, 0.29) is 11.8 Å². The van der Waals surface area contributed by atoms with Crippen LogP contribution in [0, 0.1) is 25.7 Å². The number of phenolic OH excluding ortho intramolecular Hbond substituents is 1. The Hall–Kier alpha value is -4.65. The molecule has 1 aliphatic heterocycles. The fourth-order valence-electron chi connectivity index (χ4n) is 4.70. The molecule has 4 heterocycles. The summed E-state index contributed by atoms with van der Waals surface area (Å²) in [7, 11) is 0. The Morgan fingerprint density at radius 2 is 1.92 bits per heavy atom. The average molecular weight is 510 g/mol. The fraction of sp³-hybridized carbons (Fsp3) is 0.321. The molecule has 1 fully saturated rings. The quantitative estimate of drug-likeness (QED) is 0.399. The second kappa shape index (κ2) is 10.8. The lowest BCUT2D eigenvalue weighted by atomic mass is 10.1. The van der Waals surface area contributed by atoms with Crippen LogP contribution in [0.15, 0.2) is 48.7 Å². The van der Waals surface area contributed by atoms with Crippen molar-refractivity contribution in [2.75, 3.05) is 35.2 Å². The van der Waals surface area contributed by atoms with Crippen molar-refractivity contribution < 1.29 is 5.11 Å². The molecule has 3 aromatic heterocycles. The molecule has 4 aromatic rings. The van der Waals surface area contributed by atoms with Crippen molar-refractivity contribution in [3.05, 3.63) is 65.9 Å². The number of phenols is 1. The van der Waals surface area contributed by atoms with E-state index in [1.807, 2.05) is 48.9 Å². The highest BCUT2D eigenvalue weighted by Gasteiger charge is 2.24. The Morgan fingerprint density at radius 3 is 2.71 bits per heavy atom. The zero-order valence-corrected chi connectivity index (χ0v) is 21.8. The zero-order valence-electron chi connectivity index (χ0n) is 21.8. The summed E-state index contributed by atoms with van der Waals surface area (Å²) >= 11 is 0. The number of hydrogen-bond donors (Lipinski definition) is 2. The average Bonchev–Trinajstić information content (AvgIpc) is 3.10. The second-order valence-corrected chi connectivity index (χ2v) is 9.46. The van der Waals surface area contributed by atoms with Crippen molar-refractivity contribution in [3.63, 3.8) is 0 Å². The standard InChI is InChI=1S/C28H31N9O/c1-19-17-21(3)37(34-19)13-6-9-26-30-12-10-27(31-26)36-16-15-35(14-11-20(36)2)24-18-23(32-33-28(24)29)22-7-4-5-8-25(22)38/h4-5,7-8,10,12,17-18,20,38H,11,13-16H2,1-3H3,(H2,29,33)/t20-/m0/s1. The summed E-state index contributed by atoms with van der Waals surface area (Å²) in [6.45, 7) is 8.94. The molecule has 0 saturated carbocycles. The van der Waals surface area contributed by atoms with E-state index in [0.717, 1.165) is 48.9 Å². The van der Waals surface area contributed by atoms with Crippen molar-refractivity contribution in [3.8, 4) is 28.8 Å². The summed E-state index contributed by atoms with van der Waals surface area (Å²) < 4.78 is 1.88. The van der Waals surface area contributed by atoms with E-state index in [1.165, 1.54) is 0 Å². The molecule has 0 aliphatic carbocycles. The SMILES string of the molecule is Cc1cc(C)n(CC#Cc2nccc(N3CCN(c4cc(-c5ccccc5O)nnc4N)CC[C@@H]3C)n2)n1. The molecule has 1 atom stereocenters. The first-order valence-electron chi connectivity index (χ1n) is 12.6. The van der Waals surface area contributed by atoms with Crippen LogP contribution in [0.5, 0.6) is 5.75 Å². The summed E-state index contributed by atoms with van der Waals surface area (Å²) in [5.41, 5.74) is 10.3. The van der Waals surface area contributed by atoms with Crippen LogP contribution in [0.4, 0.5) is 17.3 Å². The fourth-order valence-corrected chi connectivity index (χ4v) is 4.70. The second-order valence-electron chi connectivity index (χ2n) is 9.46. The highest BCUT2D eigenvalue weighted by molar-refractivity contribution is 5.74. The number of para-hydroxylation sites is 1. The Balaban J connectivity index is 1.32. The first-order valence-corrected chi connectivity index (χ1v) is 12.6. The van der Waals surface area contributed by atoms with Gasteiger partial charge in [0.15, 0.2) is 5.82 Å². The molecule has 10 nitrogen and oxygen atoms in total. The van der Waals surface area contributed by atoms with Crippen LogP contribution in [0.1, 0.15) is 30.6 Å². The number of nitrogens with zero attached hydrogens (tertiary/aromatic N) is 8. The molecule has 1 aliphatic rings. The molecule has 0 radical (unpaired) electrons. The van der Waals surface area contributed by atoms with Crippen LogP contribution in [0.2, 0.25) is 0 Å². The van der Waals surface area contributed by atoms with E-state index in [1.54, 1.807) is 18.3 Å². The third kappa shape index (κ3) is 5.37. The van der Waals surface area contributed by atoms with Crippen molar-refractivity contribution in [2.45, 2.75) is 39.8 Å². The van der Waals surface area contributed by atoms with Crippen LogP contribution in [-0.4, -0.2) is 60.7 Å². The van der Waals surface area contributed by atoms with Crippen molar-refractivity contribution in [1.82, 2.24) is 29.9 Å². The van der Waals surface area contributed by atoms with Gasteiger partial charge in [0.1, 0.15) is 18.1 Å². The number of benzene rings is 1. The van der Waals surface area contributed by atoms with Gasteiger partial charge in [0, 0.05) is 43.1 Å². The van der Waals surface area contributed by atoms with Gasteiger partial charge in [0.25, 0.3) is 0 Å². The number of hydrogen-bond acceptors (Lipinski definition) is 9. The van der Waals surface area contributed by atoms with Gasteiger partial charge >= 0.3 is 0 Å². The van der Waals surface area contributed by atoms with Gasteiger partial charge in [0.2, 0.25) is 5.82 Å². The maximum Gasteiger partial charge on any atom is 0.206 e.